The lowest BCUT2D eigenvalue weighted by Crippen LogP contribution is -1.99. The van der Waals surface area contributed by atoms with Crippen LogP contribution in [0.4, 0.5) is 20.3 Å². The van der Waals surface area contributed by atoms with Crippen molar-refractivity contribution in [3.8, 4) is 6.07 Å². The largest absolute Gasteiger partial charge is 0.337 e. The van der Waals surface area contributed by atoms with E-state index < -0.39 is 11.6 Å². The molecule has 0 saturated heterocycles. The third-order valence-corrected chi connectivity index (χ3v) is 3.26. The van der Waals surface area contributed by atoms with Gasteiger partial charge in [-0.3, -0.25) is 0 Å². The van der Waals surface area contributed by atoms with Crippen LogP contribution >= 0.6 is 27.5 Å². The van der Waals surface area contributed by atoms with Gasteiger partial charge in [-0.15, -0.1) is 0 Å². The van der Waals surface area contributed by atoms with Gasteiger partial charge < -0.3 is 5.32 Å². The van der Waals surface area contributed by atoms with E-state index >= 15 is 0 Å². The second kappa shape index (κ2) is 5.51. The quantitative estimate of drug-likeness (QED) is 0.822. The fraction of sp³-hybridized carbons (Fsp3) is 0. The third-order valence-electron chi connectivity index (χ3n) is 2.27. The molecule has 1 aromatic heterocycles. The van der Waals surface area contributed by atoms with Crippen LogP contribution in [0.15, 0.2) is 28.9 Å². The summed E-state index contributed by atoms with van der Waals surface area (Å²) < 4.78 is 26.8. The highest BCUT2D eigenvalue weighted by atomic mass is 79.9. The average molecular weight is 345 g/mol. The first kappa shape index (κ1) is 13.7. The lowest BCUT2D eigenvalue weighted by molar-refractivity contribution is 0.581. The van der Waals surface area contributed by atoms with Gasteiger partial charge in [0.05, 0.1) is 15.7 Å². The van der Waals surface area contributed by atoms with Crippen molar-refractivity contribution in [1.82, 2.24) is 4.98 Å². The minimum atomic E-state index is -0.791. The maximum atomic E-state index is 13.6. The first-order valence-electron chi connectivity index (χ1n) is 4.99. The first-order valence-corrected chi connectivity index (χ1v) is 6.16. The summed E-state index contributed by atoms with van der Waals surface area (Å²) in [6, 6.07) is 5.27. The van der Waals surface area contributed by atoms with Gasteiger partial charge in [-0.1, -0.05) is 11.6 Å². The minimum absolute atomic E-state index is 0.00207. The number of pyridine rings is 1. The molecule has 0 radical (unpaired) electrons. The molecule has 0 aliphatic carbocycles. The zero-order valence-electron chi connectivity index (χ0n) is 9.22. The monoisotopic (exact) mass is 343 g/mol. The number of benzene rings is 1. The zero-order chi connectivity index (χ0) is 14.0. The maximum Gasteiger partial charge on any atom is 0.150 e. The second-order valence-electron chi connectivity index (χ2n) is 3.50. The smallest absolute Gasteiger partial charge is 0.150 e. The van der Waals surface area contributed by atoms with Crippen LogP contribution in [0.25, 0.3) is 0 Å². The normalized spacial score (nSPS) is 10.1. The number of nitrogens with one attached hydrogen (secondary N) is 1. The van der Waals surface area contributed by atoms with Gasteiger partial charge >= 0.3 is 0 Å². The molecule has 0 bridgehead atoms. The van der Waals surface area contributed by atoms with Gasteiger partial charge in [0.2, 0.25) is 0 Å². The van der Waals surface area contributed by atoms with Gasteiger partial charge in [-0.05, 0) is 28.1 Å². The summed E-state index contributed by atoms with van der Waals surface area (Å²) in [5.74, 6) is -1.38. The summed E-state index contributed by atoms with van der Waals surface area (Å²) >= 11 is 8.88. The number of rotatable bonds is 2. The van der Waals surface area contributed by atoms with E-state index in [1.807, 2.05) is 6.07 Å². The van der Waals surface area contributed by atoms with Gasteiger partial charge in [-0.2, -0.15) is 5.26 Å². The van der Waals surface area contributed by atoms with E-state index in [0.29, 0.717) is 0 Å². The zero-order valence-corrected chi connectivity index (χ0v) is 11.6. The highest BCUT2D eigenvalue weighted by Gasteiger charge is 2.12. The molecule has 0 fully saturated rings. The predicted molar refractivity (Wildman–Crippen MR) is 71.3 cm³/mol. The number of anilines is 2. The Labute approximate surface area is 121 Å². The van der Waals surface area contributed by atoms with Crippen LogP contribution in [-0.2, 0) is 0 Å². The summed E-state index contributed by atoms with van der Waals surface area (Å²) in [6.07, 6.45) is 1.36. The van der Waals surface area contributed by atoms with E-state index in [0.717, 1.165) is 6.07 Å². The Morgan fingerprint density at radius 1 is 1.32 bits per heavy atom. The molecule has 1 heterocycles. The third kappa shape index (κ3) is 2.83. The van der Waals surface area contributed by atoms with Crippen LogP contribution in [0.2, 0.25) is 5.02 Å². The summed E-state index contributed by atoms with van der Waals surface area (Å²) in [6.45, 7) is 0. The minimum Gasteiger partial charge on any atom is -0.337 e. The van der Waals surface area contributed by atoms with Crippen molar-refractivity contribution in [3.63, 3.8) is 0 Å². The van der Waals surface area contributed by atoms with Gasteiger partial charge in [0.15, 0.2) is 5.82 Å². The van der Waals surface area contributed by atoms with Crippen molar-refractivity contribution in [2.24, 2.45) is 0 Å². The molecule has 0 saturated carbocycles. The lowest BCUT2D eigenvalue weighted by atomic mass is 10.2. The molecule has 0 unspecified atom stereocenters. The molecule has 0 spiro atoms. The molecular weight excluding hydrogens is 340 g/mol. The second-order valence-corrected chi connectivity index (χ2v) is 4.74. The van der Waals surface area contributed by atoms with Crippen LogP contribution in [0.5, 0.6) is 0 Å². The fourth-order valence-electron chi connectivity index (χ4n) is 1.36. The van der Waals surface area contributed by atoms with E-state index in [1.54, 1.807) is 0 Å². The number of nitriles is 1. The van der Waals surface area contributed by atoms with Crippen LogP contribution < -0.4 is 5.32 Å². The molecule has 1 aromatic carbocycles. The van der Waals surface area contributed by atoms with Crippen LogP contribution in [0, 0.1) is 23.0 Å². The Hall–Kier alpha value is -1.71. The van der Waals surface area contributed by atoms with Gasteiger partial charge in [0, 0.05) is 12.3 Å². The van der Waals surface area contributed by atoms with Crippen LogP contribution in [-0.4, -0.2) is 4.98 Å². The highest BCUT2D eigenvalue weighted by Crippen LogP contribution is 2.29. The summed E-state index contributed by atoms with van der Waals surface area (Å²) in [7, 11) is 0. The van der Waals surface area contributed by atoms with Gasteiger partial charge in [0.25, 0.3) is 0 Å². The molecule has 0 amide bonds. The van der Waals surface area contributed by atoms with Gasteiger partial charge in [0.1, 0.15) is 22.7 Å². The molecule has 2 rings (SSSR count). The summed E-state index contributed by atoms with van der Waals surface area (Å²) in [5, 5.41) is 11.5. The SMILES string of the molecule is N#Cc1ccnc(Nc2cc(Br)c(F)cc2F)c1Cl. The van der Waals surface area contributed by atoms with E-state index in [4.69, 9.17) is 16.9 Å². The average Bonchev–Trinajstić information content (AvgIpc) is 2.38. The Morgan fingerprint density at radius 3 is 2.74 bits per heavy atom. The molecule has 7 heteroatoms. The van der Waals surface area contributed by atoms with Crippen molar-refractivity contribution in [3.05, 3.63) is 51.1 Å². The van der Waals surface area contributed by atoms with Gasteiger partial charge in [-0.25, -0.2) is 13.8 Å². The first-order chi connectivity index (χ1) is 9.02. The molecule has 1 N–H and O–H groups in total. The summed E-state index contributed by atoms with van der Waals surface area (Å²) in [4.78, 5) is 3.91. The topological polar surface area (TPSA) is 48.7 Å². The van der Waals surface area contributed by atoms with E-state index in [2.05, 4.69) is 26.2 Å². The van der Waals surface area contributed by atoms with E-state index in [1.165, 1.54) is 18.3 Å². The molecule has 0 aliphatic heterocycles. The Kier molecular flexibility index (Phi) is 3.98. The number of nitrogens with zero attached hydrogens (tertiary/aromatic N) is 2. The van der Waals surface area contributed by atoms with Crippen LogP contribution in [0.1, 0.15) is 5.56 Å². The molecule has 2 aromatic rings. The van der Waals surface area contributed by atoms with Crippen LogP contribution in [0.3, 0.4) is 0 Å². The summed E-state index contributed by atoms with van der Waals surface area (Å²) in [5.41, 5.74) is 0.207. The molecule has 96 valence electrons. The van der Waals surface area contributed by atoms with E-state index in [-0.39, 0.29) is 26.6 Å². The molecule has 19 heavy (non-hydrogen) atoms. The maximum absolute atomic E-state index is 13.6. The predicted octanol–water partition coefficient (Wildman–Crippen LogP) is 4.39. The van der Waals surface area contributed by atoms with E-state index in [9.17, 15) is 8.78 Å². The molecular formula is C12H5BrClF2N3. The van der Waals surface area contributed by atoms with Crippen molar-refractivity contribution in [2.45, 2.75) is 0 Å². The number of hydrogen-bond acceptors (Lipinski definition) is 3. The number of hydrogen-bond donors (Lipinski definition) is 1. The molecule has 0 aliphatic rings. The standard InChI is InChI=1S/C12H5BrClF2N3/c13-7-3-10(9(16)4-8(7)15)19-12-11(14)6(5-17)1-2-18-12/h1-4H,(H,18,19). The number of halogens is 4. The lowest BCUT2D eigenvalue weighted by Gasteiger charge is -2.09. The Bertz CT molecular complexity index is 685. The Morgan fingerprint density at radius 2 is 2.05 bits per heavy atom. The Balaban J connectivity index is 2.43. The fourth-order valence-corrected chi connectivity index (χ4v) is 1.91. The molecule has 3 nitrogen and oxygen atoms in total. The van der Waals surface area contributed by atoms with Crippen molar-refractivity contribution < 1.29 is 8.78 Å². The van der Waals surface area contributed by atoms with Crippen molar-refractivity contribution in [2.75, 3.05) is 5.32 Å². The van der Waals surface area contributed by atoms with Crippen molar-refractivity contribution >= 4 is 39.0 Å². The number of aromatic nitrogens is 1. The molecule has 0 atom stereocenters. The van der Waals surface area contributed by atoms with Crippen molar-refractivity contribution in [1.29, 1.82) is 5.26 Å². The highest BCUT2D eigenvalue weighted by molar-refractivity contribution is 9.10.